The number of nitrogens with one attached hydrogen (secondary N) is 1. The number of amides is 1. The van der Waals surface area contributed by atoms with Crippen molar-refractivity contribution in [2.45, 2.75) is 25.8 Å². The molecular formula is C18H28ClN3O2. The first-order valence-corrected chi connectivity index (χ1v) is 8.58. The van der Waals surface area contributed by atoms with Crippen LogP contribution in [0, 0.1) is 5.92 Å². The van der Waals surface area contributed by atoms with E-state index in [1.807, 2.05) is 17.0 Å². The van der Waals surface area contributed by atoms with Crippen molar-refractivity contribution >= 4 is 24.0 Å². The summed E-state index contributed by atoms with van der Waals surface area (Å²) in [5, 5.41) is 3.38. The molecule has 0 radical (unpaired) electrons. The highest BCUT2D eigenvalue weighted by molar-refractivity contribution is 5.85. The Morgan fingerprint density at radius 3 is 2.67 bits per heavy atom. The van der Waals surface area contributed by atoms with Crippen LogP contribution in [0.2, 0.25) is 0 Å². The first-order chi connectivity index (χ1) is 11.2. The molecule has 2 fully saturated rings. The number of rotatable bonds is 3. The van der Waals surface area contributed by atoms with Gasteiger partial charge >= 0.3 is 0 Å². The summed E-state index contributed by atoms with van der Waals surface area (Å²) in [6.45, 7) is 6.54. The Morgan fingerprint density at radius 1 is 1.25 bits per heavy atom. The SMILES string of the molecule is COc1cccc(N2CCN(C(=O)C3CC(C)CCN3)CC2)c1.Cl. The highest BCUT2D eigenvalue weighted by atomic mass is 35.5. The van der Waals surface area contributed by atoms with Crippen molar-refractivity contribution in [1.82, 2.24) is 10.2 Å². The number of carbonyl (C=O) groups is 1. The lowest BCUT2D eigenvalue weighted by atomic mass is 9.93. The molecule has 2 aliphatic rings. The average molecular weight is 354 g/mol. The summed E-state index contributed by atoms with van der Waals surface area (Å²) < 4.78 is 5.29. The Balaban J connectivity index is 0.00000208. The van der Waals surface area contributed by atoms with Gasteiger partial charge < -0.3 is 19.9 Å². The summed E-state index contributed by atoms with van der Waals surface area (Å²) in [4.78, 5) is 17.0. The van der Waals surface area contributed by atoms with Crippen molar-refractivity contribution in [1.29, 1.82) is 0 Å². The third kappa shape index (κ3) is 4.33. The van der Waals surface area contributed by atoms with E-state index in [-0.39, 0.29) is 24.4 Å². The molecule has 0 saturated carbocycles. The van der Waals surface area contributed by atoms with Crippen LogP contribution in [0.1, 0.15) is 19.8 Å². The minimum absolute atomic E-state index is 0. The molecule has 0 aromatic heterocycles. The summed E-state index contributed by atoms with van der Waals surface area (Å²) in [5.41, 5.74) is 1.17. The van der Waals surface area contributed by atoms with E-state index in [1.54, 1.807) is 7.11 Å². The molecule has 1 aromatic carbocycles. The summed E-state index contributed by atoms with van der Waals surface area (Å²) in [7, 11) is 1.69. The van der Waals surface area contributed by atoms with Crippen LogP contribution in [-0.4, -0.2) is 56.7 Å². The first kappa shape index (κ1) is 18.9. The van der Waals surface area contributed by atoms with Crippen LogP contribution in [0.3, 0.4) is 0 Å². The predicted molar refractivity (Wildman–Crippen MR) is 99.2 cm³/mol. The third-order valence-electron chi connectivity index (χ3n) is 4.97. The van der Waals surface area contributed by atoms with E-state index in [9.17, 15) is 4.79 Å². The van der Waals surface area contributed by atoms with Gasteiger partial charge in [0, 0.05) is 37.9 Å². The van der Waals surface area contributed by atoms with Gasteiger partial charge in [-0.2, -0.15) is 0 Å². The fraction of sp³-hybridized carbons (Fsp3) is 0.611. The maximum atomic E-state index is 12.7. The molecule has 2 atom stereocenters. The van der Waals surface area contributed by atoms with Crippen LogP contribution >= 0.6 is 12.4 Å². The van der Waals surface area contributed by atoms with Crippen molar-refractivity contribution in [3.05, 3.63) is 24.3 Å². The van der Waals surface area contributed by atoms with E-state index in [2.05, 4.69) is 29.3 Å². The number of hydrogen-bond acceptors (Lipinski definition) is 4. The number of benzene rings is 1. The summed E-state index contributed by atoms with van der Waals surface area (Å²) in [6, 6.07) is 8.15. The maximum absolute atomic E-state index is 12.7. The maximum Gasteiger partial charge on any atom is 0.239 e. The Kier molecular flexibility index (Phi) is 6.75. The molecule has 1 N–H and O–H groups in total. The summed E-state index contributed by atoms with van der Waals surface area (Å²) >= 11 is 0. The van der Waals surface area contributed by atoms with Gasteiger partial charge in [0.2, 0.25) is 5.91 Å². The lowest BCUT2D eigenvalue weighted by molar-refractivity contribution is -0.134. The number of piperidine rings is 1. The standard InChI is InChI=1S/C18H27N3O2.ClH/c1-14-6-7-19-17(12-14)18(22)21-10-8-20(9-11-21)15-4-3-5-16(13-15)23-2;/h3-5,13-14,17,19H,6-12H2,1-2H3;1H. The van der Waals surface area contributed by atoms with Crippen molar-refractivity contribution in [3.8, 4) is 5.75 Å². The molecule has 1 amide bonds. The number of anilines is 1. The molecule has 3 rings (SSSR count). The molecule has 2 saturated heterocycles. The second-order valence-corrected chi connectivity index (χ2v) is 6.65. The lowest BCUT2D eigenvalue weighted by Crippen LogP contribution is -2.55. The predicted octanol–water partition coefficient (Wildman–Crippen LogP) is 2.15. The quantitative estimate of drug-likeness (QED) is 0.904. The number of carbonyl (C=O) groups excluding carboxylic acids is 1. The van der Waals surface area contributed by atoms with Crippen LogP contribution in [0.5, 0.6) is 5.75 Å². The van der Waals surface area contributed by atoms with Gasteiger partial charge in [0.25, 0.3) is 0 Å². The fourth-order valence-electron chi connectivity index (χ4n) is 3.51. The van der Waals surface area contributed by atoms with Gasteiger partial charge in [-0.1, -0.05) is 13.0 Å². The summed E-state index contributed by atoms with van der Waals surface area (Å²) in [6.07, 6.45) is 2.14. The van der Waals surface area contributed by atoms with Crippen LogP contribution in [-0.2, 0) is 4.79 Å². The lowest BCUT2D eigenvalue weighted by Gasteiger charge is -2.39. The van der Waals surface area contributed by atoms with Crippen molar-refractivity contribution in [3.63, 3.8) is 0 Å². The van der Waals surface area contributed by atoms with E-state index in [1.165, 1.54) is 12.1 Å². The largest absolute Gasteiger partial charge is 0.497 e. The van der Waals surface area contributed by atoms with E-state index < -0.39 is 0 Å². The molecule has 6 heteroatoms. The second kappa shape index (κ2) is 8.58. The van der Waals surface area contributed by atoms with E-state index in [0.29, 0.717) is 5.92 Å². The zero-order valence-corrected chi connectivity index (χ0v) is 15.3. The average Bonchev–Trinajstić information content (AvgIpc) is 2.61. The van der Waals surface area contributed by atoms with Gasteiger partial charge in [-0.3, -0.25) is 4.79 Å². The Labute approximate surface area is 150 Å². The monoisotopic (exact) mass is 353 g/mol. The number of nitrogens with zero attached hydrogens (tertiary/aromatic N) is 2. The van der Waals surface area contributed by atoms with Crippen molar-refractivity contribution < 1.29 is 9.53 Å². The van der Waals surface area contributed by atoms with Crippen LogP contribution in [0.4, 0.5) is 5.69 Å². The zero-order chi connectivity index (χ0) is 16.2. The van der Waals surface area contributed by atoms with Gasteiger partial charge in [-0.05, 0) is 37.4 Å². The third-order valence-corrected chi connectivity index (χ3v) is 4.97. The summed E-state index contributed by atoms with van der Waals surface area (Å²) in [5.74, 6) is 1.80. The van der Waals surface area contributed by atoms with E-state index in [0.717, 1.165) is 44.9 Å². The zero-order valence-electron chi connectivity index (χ0n) is 14.5. The molecule has 0 spiro atoms. The normalized spacial score (nSPS) is 24.2. The number of halogens is 1. The molecule has 134 valence electrons. The van der Waals surface area contributed by atoms with Gasteiger partial charge in [-0.25, -0.2) is 0 Å². The van der Waals surface area contributed by atoms with Crippen LogP contribution in [0.25, 0.3) is 0 Å². The van der Waals surface area contributed by atoms with Gasteiger partial charge in [0.05, 0.1) is 13.2 Å². The second-order valence-electron chi connectivity index (χ2n) is 6.65. The van der Waals surface area contributed by atoms with Crippen molar-refractivity contribution in [2.24, 2.45) is 5.92 Å². The molecule has 0 aliphatic carbocycles. The Bertz CT molecular complexity index is 547. The van der Waals surface area contributed by atoms with Gasteiger partial charge in [0.1, 0.15) is 5.75 Å². The molecule has 2 unspecified atom stereocenters. The van der Waals surface area contributed by atoms with E-state index in [4.69, 9.17) is 4.74 Å². The first-order valence-electron chi connectivity index (χ1n) is 8.58. The Hall–Kier alpha value is -1.46. The molecular weight excluding hydrogens is 326 g/mol. The Morgan fingerprint density at radius 2 is 2.00 bits per heavy atom. The van der Waals surface area contributed by atoms with Crippen LogP contribution in [0.15, 0.2) is 24.3 Å². The van der Waals surface area contributed by atoms with E-state index >= 15 is 0 Å². The van der Waals surface area contributed by atoms with Crippen molar-refractivity contribution in [2.75, 3.05) is 44.7 Å². The van der Waals surface area contributed by atoms with Gasteiger partial charge in [-0.15, -0.1) is 12.4 Å². The highest BCUT2D eigenvalue weighted by Gasteiger charge is 2.30. The smallest absolute Gasteiger partial charge is 0.239 e. The van der Waals surface area contributed by atoms with Gasteiger partial charge in [0.15, 0.2) is 0 Å². The molecule has 5 nitrogen and oxygen atoms in total. The molecule has 2 aliphatic heterocycles. The number of hydrogen-bond donors (Lipinski definition) is 1. The molecule has 2 heterocycles. The molecule has 1 aromatic rings. The number of methoxy groups -OCH3 is 1. The minimum Gasteiger partial charge on any atom is -0.497 e. The molecule has 0 bridgehead atoms. The minimum atomic E-state index is 0. The molecule has 24 heavy (non-hydrogen) atoms. The highest BCUT2D eigenvalue weighted by Crippen LogP contribution is 2.23. The fourth-order valence-corrected chi connectivity index (χ4v) is 3.51. The number of piperazine rings is 1. The topological polar surface area (TPSA) is 44.8 Å². The number of ether oxygens (including phenoxy) is 1. The van der Waals surface area contributed by atoms with Crippen LogP contribution < -0.4 is 15.0 Å².